The van der Waals surface area contributed by atoms with Crippen molar-refractivity contribution in [1.82, 2.24) is 14.8 Å². The van der Waals surface area contributed by atoms with E-state index >= 15 is 4.39 Å². The second-order valence-corrected chi connectivity index (χ2v) is 11.8. The van der Waals surface area contributed by atoms with E-state index in [-0.39, 0.29) is 31.0 Å². The standard InChI is InChI=1S/C29H35F4N3O5/c1-27(2,29(31,32)33)17-35-10-8-18(9-11-35)16-41-21-5-7-24(34-14-21)19-4-6-22(23(30)12-19)25(38)36-15-20(37)13-28(36,3)26(39)40/h4-7,12,14,18,20,37H,8-11,13,15-17H2,1-3H3,(H,39,40)/t20-,28+/m1/s1. The number of carboxylic acids is 1. The summed E-state index contributed by atoms with van der Waals surface area (Å²) < 4.78 is 60.4. The number of pyridine rings is 1. The first-order chi connectivity index (χ1) is 19.1. The van der Waals surface area contributed by atoms with E-state index in [1.165, 1.54) is 39.1 Å². The summed E-state index contributed by atoms with van der Waals surface area (Å²) in [7, 11) is 0. The molecule has 2 aliphatic heterocycles. The van der Waals surface area contributed by atoms with Crippen molar-refractivity contribution < 1.29 is 42.1 Å². The number of hydrogen-bond acceptors (Lipinski definition) is 6. The molecule has 2 aromatic rings. The fourth-order valence-electron chi connectivity index (χ4n) is 5.36. The van der Waals surface area contributed by atoms with Gasteiger partial charge in [-0.25, -0.2) is 9.18 Å². The highest BCUT2D eigenvalue weighted by Gasteiger charge is 2.50. The lowest BCUT2D eigenvalue weighted by Crippen LogP contribution is -2.50. The molecule has 1 aromatic heterocycles. The molecule has 8 nitrogen and oxygen atoms in total. The topological polar surface area (TPSA) is 103 Å². The summed E-state index contributed by atoms with van der Waals surface area (Å²) in [6, 6.07) is 7.26. The van der Waals surface area contributed by atoms with Crippen LogP contribution in [0.15, 0.2) is 36.5 Å². The Morgan fingerprint density at radius 2 is 1.83 bits per heavy atom. The number of likely N-dealkylation sites (tertiary alicyclic amines) is 2. The number of ether oxygens (including phenoxy) is 1. The van der Waals surface area contributed by atoms with Crippen LogP contribution in [0.25, 0.3) is 11.3 Å². The van der Waals surface area contributed by atoms with Crippen LogP contribution in [0.3, 0.4) is 0 Å². The van der Waals surface area contributed by atoms with Crippen molar-refractivity contribution in [3.8, 4) is 17.0 Å². The Bertz CT molecular complexity index is 1260. The summed E-state index contributed by atoms with van der Waals surface area (Å²) in [4.78, 5) is 31.9. The molecule has 2 aliphatic rings. The molecule has 0 saturated carbocycles. The van der Waals surface area contributed by atoms with Crippen LogP contribution >= 0.6 is 0 Å². The fourth-order valence-corrected chi connectivity index (χ4v) is 5.36. The van der Waals surface area contributed by atoms with Gasteiger partial charge in [0.2, 0.25) is 0 Å². The number of benzene rings is 1. The normalized spacial score (nSPS) is 22.6. The highest BCUT2D eigenvalue weighted by Crippen LogP contribution is 2.39. The summed E-state index contributed by atoms with van der Waals surface area (Å²) in [5.41, 5.74) is -2.87. The zero-order valence-corrected chi connectivity index (χ0v) is 23.2. The van der Waals surface area contributed by atoms with Crippen LogP contribution in [-0.4, -0.2) is 87.5 Å². The zero-order valence-electron chi connectivity index (χ0n) is 23.2. The lowest BCUT2D eigenvalue weighted by Gasteiger charge is -2.38. The van der Waals surface area contributed by atoms with Crippen LogP contribution < -0.4 is 4.74 Å². The lowest BCUT2D eigenvalue weighted by atomic mass is 9.89. The average molecular weight is 582 g/mol. The molecule has 2 saturated heterocycles. The third kappa shape index (κ3) is 6.64. The molecule has 0 aliphatic carbocycles. The number of piperidine rings is 1. The number of nitrogens with zero attached hydrogens (tertiary/aromatic N) is 3. The molecule has 41 heavy (non-hydrogen) atoms. The number of rotatable bonds is 8. The van der Waals surface area contributed by atoms with Gasteiger partial charge < -0.3 is 24.7 Å². The van der Waals surface area contributed by atoms with Gasteiger partial charge in [0.05, 0.1) is 35.6 Å². The highest BCUT2D eigenvalue weighted by molar-refractivity contribution is 5.98. The maximum Gasteiger partial charge on any atom is 0.395 e. The molecule has 1 aromatic carbocycles. The van der Waals surface area contributed by atoms with Gasteiger partial charge >= 0.3 is 12.1 Å². The Hall–Kier alpha value is -3.25. The largest absolute Gasteiger partial charge is 0.492 e. The van der Waals surface area contributed by atoms with E-state index in [2.05, 4.69) is 4.98 Å². The second kappa shape index (κ2) is 11.6. The number of alkyl halides is 3. The number of β-amino-alcohol motifs (C(OH)–C–C–N with tert-alkyl or cyclic N) is 1. The van der Waals surface area contributed by atoms with Crippen molar-refractivity contribution in [1.29, 1.82) is 0 Å². The number of carbonyl (C=O) groups excluding carboxylic acids is 1. The smallest absolute Gasteiger partial charge is 0.395 e. The van der Waals surface area contributed by atoms with Crippen molar-refractivity contribution in [2.75, 3.05) is 32.8 Å². The van der Waals surface area contributed by atoms with E-state index in [1.54, 1.807) is 12.1 Å². The molecule has 0 unspecified atom stereocenters. The molecule has 0 radical (unpaired) electrons. The minimum absolute atomic E-state index is 0.0334. The van der Waals surface area contributed by atoms with Crippen LogP contribution in [0.5, 0.6) is 5.75 Å². The summed E-state index contributed by atoms with van der Waals surface area (Å²) in [5.74, 6) is -2.22. The first-order valence-electron chi connectivity index (χ1n) is 13.5. The van der Waals surface area contributed by atoms with Gasteiger partial charge in [-0.1, -0.05) is 6.07 Å². The van der Waals surface area contributed by atoms with E-state index in [0.717, 1.165) is 23.8 Å². The summed E-state index contributed by atoms with van der Waals surface area (Å²) in [6.45, 7) is 5.08. The maximum atomic E-state index is 15.0. The number of amides is 1. The van der Waals surface area contributed by atoms with E-state index in [4.69, 9.17) is 4.74 Å². The lowest BCUT2D eigenvalue weighted by molar-refractivity contribution is -0.217. The number of aromatic nitrogens is 1. The van der Waals surface area contributed by atoms with Gasteiger partial charge in [-0.15, -0.1) is 0 Å². The first kappa shape index (κ1) is 30.7. The quantitative estimate of drug-likeness (QED) is 0.439. The minimum atomic E-state index is -4.25. The predicted molar refractivity (Wildman–Crippen MR) is 142 cm³/mol. The number of carboxylic acid groups (broad SMARTS) is 1. The van der Waals surface area contributed by atoms with Crippen molar-refractivity contribution in [3.63, 3.8) is 0 Å². The third-order valence-electron chi connectivity index (χ3n) is 8.14. The Morgan fingerprint density at radius 1 is 1.15 bits per heavy atom. The van der Waals surface area contributed by atoms with Gasteiger partial charge in [0.15, 0.2) is 0 Å². The Balaban J connectivity index is 1.32. The number of carbonyl (C=O) groups is 2. The molecule has 2 N–H and O–H groups in total. The van der Waals surface area contributed by atoms with Crippen LogP contribution in [0.2, 0.25) is 0 Å². The van der Waals surface area contributed by atoms with E-state index in [9.17, 15) is 33.0 Å². The van der Waals surface area contributed by atoms with E-state index in [0.29, 0.717) is 36.7 Å². The van der Waals surface area contributed by atoms with Crippen LogP contribution in [0, 0.1) is 17.2 Å². The van der Waals surface area contributed by atoms with Crippen LogP contribution in [0.1, 0.15) is 50.4 Å². The van der Waals surface area contributed by atoms with Crippen LogP contribution in [-0.2, 0) is 4.79 Å². The van der Waals surface area contributed by atoms with Crippen LogP contribution in [0.4, 0.5) is 17.6 Å². The Kier molecular flexibility index (Phi) is 8.65. The third-order valence-corrected chi connectivity index (χ3v) is 8.14. The number of aliphatic hydroxyl groups is 1. The molecular weight excluding hydrogens is 546 g/mol. The highest BCUT2D eigenvalue weighted by atomic mass is 19.4. The summed E-state index contributed by atoms with van der Waals surface area (Å²) in [6.07, 6.45) is -2.46. The van der Waals surface area contributed by atoms with Crippen molar-refractivity contribution in [2.45, 2.75) is 57.9 Å². The van der Waals surface area contributed by atoms with Gasteiger partial charge in [0, 0.05) is 25.1 Å². The first-order valence-corrected chi connectivity index (χ1v) is 13.5. The number of aliphatic hydroxyl groups excluding tert-OH is 1. The fraction of sp³-hybridized carbons (Fsp3) is 0.552. The predicted octanol–water partition coefficient (Wildman–Crippen LogP) is 4.62. The summed E-state index contributed by atoms with van der Waals surface area (Å²) >= 11 is 0. The Morgan fingerprint density at radius 3 is 2.39 bits per heavy atom. The van der Waals surface area contributed by atoms with Gasteiger partial charge in [0.1, 0.15) is 17.1 Å². The molecule has 0 spiro atoms. The molecule has 2 fully saturated rings. The monoisotopic (exact) mass is 581 g/mol. The number of aliphatic carboxylic acids is 1. The molecule has 1 amide bonds. The van der Waals surface area contributed by atoms with E-state index < -0.39 is 40.9 Å². The van der Waals surface area contributed by atoms with Crippen molar-refractivity contribution in [2.24, 2.45) is 11.3 Å². The molecule has 2 atom stereocenters. The molecule has 4 rings (SSSR count). The average Bonchev–Trinajstić information content (AvgIpc) is 3.22. The SMILES string of the molecule is CC(C)(CN1CCC(COc2ccc(-c3ccc(C(=O)N4C[C@H](O)C[C@@]4(C)C(=O)O)c(F)c3)nc2)CC1)C(F)(F)F. The zero-order chi connectivity index (χ0) is 30.2. The van der Waals surface area contributed by atoms with Gasteiger partial charge in [-0.3, -0.25) is 9.78 Å². The van der Waals surface area contributed by atoms with Gasteiger partial charge in [0.25, 0.3) is 5.91 Å². The molecule has 0 bridgehead atoms. The van der Waals surface area contributed by atoms with Gasteiger partial charge in [-0.2, -0.15) is 13.2 Å². The Labute approximate surface area is 235 Å². The molecule has 3 heterocycles. The van der Waals surface area contributed by atoms with Crippen molar-refractivity contribution >= 4 is 11.9 Å². The number of hydrogen-bond donors (Lipinski definition) is 2. The second-order valence-electron chi connectivity index (χ2n) is 11.8. The minimum Gasteiger partial charge on any atom is -0.492 e. The molecule has 12 heteroatoms. The number of halogens is 4. The van der Waals surface area contributed by atoms with Gasteiger partial charge in [-0.05, 0) is 76.9 Å². The maximum absolute atomic E-state index is 15.0. The molecular formula is C29H35F4N3O5. The summed E-state index contributed by atoms with van der Waals surface area (Å²) in [5, 5.41) is 19.5. The molecule has 224 valence electrons. The van der Waals surface area contributed by atoms with Crippen molar-refractivity contribution in [3.05, 3.63) is 47.9 Å². The van der Waals surface area contributed by atoms with E-state index in [1.807, 2.05) is 4.90 Å².